The van der Waals surface area contributed by atoms with Crippen LogP contribution in [-0.2, 0) is 46.4 Å². The third kappa shape index (κ3) is 10.8. The molecule has 1 spiro atoms. The fourth-order valence-electron chi connectivity index (χ4n) is 11.2. The molecule has 18 heteroatoms. The minimum atomic E-state index is -1.05. The summed E-state index contributed by atoms with van der Waals surface area (Å²) in [5.74, 6) is -3.50. The SMILES string of the molecule is C=C(F)C(=O)N1COC2(CCN(C(=O)N(C)[C@H](C(=O)N[C@H]3CN4CCC=C(C4)c4ccc5c(c4)c(c(-c4cccnc4[C@H](C)OC)n5CC)CC(C)(C)COC(=O)[C@@H]4CCCN(N4)C3=O)C(C)C)CC2)C1. The van der Waals surface area contributed by atoms with Gasteiger partial charge in [-0.2, -0.15) is 0 Å². The zero-order chi connectivity index (χ0) is 50.9. The smallest absolute Gasteiger partial charge is 0.324 e. The molecule has 5 aliphatic rings. The molecule has 71 heavy (non-hydrogen) atoms. The summed E-state index contributed by atoms with van der Waals surface area (Å²) >= 11 is 0. The van der Waals surface area contributed by atoms with Gasteiger partial charge in [0.2, 0.25) is 5.91 Å². The van der Waals surface area contributed by atoms with Crippen LogP contribution in [-0.4, -0.2) is 161 Å². The molecule has 0 radical (unpaired) electrons. The topological polar surface area (TPSA) is 171 Å². The van der Waals surface area contributed by atoms with Crippen LogP contribution in [0.25, 0.3) is 27.7 Å². The van der Waals surface area contributed by atoms with Crippen molar-refractivity contribution in [3.8, 4) is 11.3 Å². The fraction of sp³-hybridized carbons (Fsp3) is 0.585. The van der Waals surface area contributed by atoms with Crippen LogP contribution in [0.2, 0.25) is 0 Å². The number of cyclic esters (lactones) is 1. The predicted molar refractivity (Wildman–Crippen MR) is 267 cm³/mol. The number of fused-ring (bicyclic) bond motifs is 6. The van der Waals surface area contributed by atoms with E-state index in [-0.39, 0.29) is 50.4 Å². The summed E-state index contributed by atoms with van der Waals surface area (Å²) in [5.41, 5.74) is 9.23. The van der Waals surface area contributed by atoms with Gasteiger partial charge in [-0.3, -0.25) is 34.1 Å². The van der Waals surface area contributed by atoms with E-state index in [0.717, 1.165) is 51.0 Å². The first-order valence-corrected chi connectivity index (χ1v) is 25.2. The van der Waals surface area contributed by atoms with Crippen LogP contribution in [0.3, 0.4) is 0 Å². The Hall–Kier alpha value is -5.69. The molecule has 1 unspecified atom stereocenters. The second-order valence-corrected chi connectivity index (χ2v) is 21.1. The number of rotatable bonds is 9. The van der Waals surface area contributed by atoms with Crippen LogP contribution in [0.1, 0.15) is 96.6 Å². The molecule has 2 N–H and O–H groups in total. The summed E-state index contributed by atoms with van der Waals surface area (Å²) in [7, 11) is 3.29. The van der Waals surface area contributed by atoms with Crippen LogP contribution in [0.5, 0.6) is 0 Å². The van der Waals surface area contributed by atoms with Gasteiger partial charge in [-0.1, -0.05) is 46.4 Å². The maximum absolute atomic E-state index is 14.8. The van der Waals surface area contributed by atoms with E-state index in [4.69, 9.17) is 19.2 Å². The molecule has 3 aromatic rings. The van der Waals surface area contributed by atoms with Crippen LogP contribution >= 0.6 is 0 Å². The number of benzene rings is 1. The van der Waals surface area contributed by atoms with Gasteiger partial charge < -0.3 is 38.8 Å². The molecule has 3 saturated heterocycles. The number of hydrogen-bond acceptors (Lipinski definition) is 11. The van der Waals surface area contributed by atoms with Gasteiger partial charge in [0.15, 0.2) is 5.83 Å². The number of likely N-dealkylation sites (N-methyl/N-ethyl adjacent to an activating group) is 1. The molecule has 5 aliphatic heterocycles. The van der Waals surface area contributed by atoms with Gasteiger partial charge in [-0.05, 0) is 99.3 Å². The standard InChI is InChI=1S/C53H72FN9O8/c1-10-62-43-18-17-36-26-39(43)40(46(62)38-15-11-21-55-44(38)35(5)69-9)27-52(6,7)31-70-50(67)41-16-13-23-63(57-41)49(66)42(29-59-22-12-14-37(36)28-59)56-47(64)45(33(2)3)58(8)51(68)60-24-19-53(20-25-60)30-61(32-71-53)48(65)34(4)54/h11,14-15,17-18,21,26,33,35,41-42,45,57H,4,10,12-13,16,19-20,22-25,27-32H2,1-3,5-9H3,(H,56,64)/t35-,41-,42-,45-/m0/s1. The second kappa shape index (κ2) is 21.2. The Morgan fingerprint density at radius 2 is 1.85 bits per heavy atom. The number of nitrogens with one attached hydrogen (secondary N) is 2. The van der Waals surface area contributed by atoms with Gasteiger partial charge in [0.1, 0.15) is 24.9 Å². The van der Waals surface area contributed by atoms with Crippen molar-refractivity contribution in [3.05, 3.63) is 71.8 Å². The lowest BCUT2D eigenvalue weighted by Gasteiger charge is -2.41. The van der Waals surface area contributed by atoms with E-state index in [1.165, 1.54) is 14.8 Å². The Balaban J connectivity index is 1.08. The highest BCUT2D eigenvalue weighted by Gasteiger charge is 2.46. The van der Waals surface area contributed by atoms with Crippen LogP contribution in [0, 0.1) is 11.3 Å². The number of esters is 1. The van der Waals surface area contributed by atoms with Crippen molar-refractivity contribution in [3.63, 3.8) is 0 Å². The maximum Gasteiger partial charge on any atom is 0.324 e. The average molecular weight is 982 g/mol. The zero-order valence-electron chi connectivity index (χ0n) is 42.7. The number of likely N-dealkylation sites (tertiary alicyclic amines) is 1. The van der Waals surface area contributed by atoms with E-state index < -0.39 is 52.8 Å². The molecule has 17 nitrogen and oxygen atoms in total. The Kier molecular flexibility index (Phi) is 15.4. The molecule has 7 heterocycles. The maximum atomic E-state index is 14.8. The number of hydrogen-bond donors (Lipinski definition) is 2. The number of nitrogens with zero attached hydrogens (tertiary/aromatic N) is 7. The number of aryl methyl sites for hydroxylation is 1. The number of carbonyl (C=O) groups is 5. The number of methoxy groups -OCH3 is 1. The normalized spacial score (nSPS) is 23.5. The van der Waals surface area contributed by atoms with E-state index >= 15 is 0 Å². The molecular weight excluding hydrogens is 910 g/mol. The first-order valence-electron chi connectivity index (χ1n) is 25.2. The lowest BCUT2D eigenvalue weighted by molar-refractivity contribution is -0.155. The molecule has 0 saturated carbocycles. The summed E-state index contributed by atoms with van der Waals surface area (Å²) in [6.45, 7) is 18.5. The quantitative estimate of drug-likeness (QED) is 0.195. The number of aromatic nitrogens is 2. The Bertz CT molecular complexity index is 2570. The molecule has 8 rings (SSSR count). The monoisotopic (exact) mass is 982 g/mol. The lowest BCUT2D eigenvalue weighted by atomic mass is 9.84. The highest BCUT2D eigenvalue weighted by Crippen LogP contribution is 2.42. The third-order valence-electron chi connectivity index (χ3n) is 15.1. The minimum absolute atomic E-state index is 0.0507. The highest BCUT2D eigenvalue weighted by molar-refractivity contribution is 5.95. The Morgan fingerprint density at radius 3 is 2.55 bits per heavy atom. The van der Waals surface area contributed by atoms with Crippen molar-refractivity contribution in [2.24, 2.45) is 11.3 Å². The van der Waals surface area contributed by atoms with Crippen molar-refractivity contribution in [2.75, 3.05) is 73.3 Å². The van der Waals surface area contributed by atoms with Gasteiger partial charge in [-0.25, -0.2) is 14.6 Å². The van der Waals surface area contributed by atoms with Crippen LogP contribution in [0.4, 0.5) is 9.18 Å². The highest BCUT2D eigenvalue weighted by atomic mass is 19.1. The molecule has 0 aliphatic carbocycles. The molecule has 5 amide bonds. The summed E-state index contributed by atoms with van der Waals surface area (Å²) in [5, 5.41) is 5.65. The van der Waals surface area contributed by atoms with Crippen molar-refractivity contribution < 1.29 is 42.6 Å². The largest absolute Gasteiger partial charge is 0.464 e. The number of pyridine rings is 1. The minimum Gasteiger partial charge on any atom is -0.464 e. The fourth-order valence-corrected chi connectivity index (χ4v) is 11.2. The van der Waals surface area contributed by atoms with Crippen molar-refractivity contribution >= 4 is 46.2 Å². The third-order valence-corrected chi connectivity index (χ3v) is 15.1. The van der Waals surface area contributed by atoms with E-state index in [1.54, 1.807) is 25.3 Å². The molecule has 384 valence electrons. The van der Waals surface area contributed by atoms with E-state index in [2.05, 4.69) is 77.9 Å². The number of piperidine rings is 1. The van der Waals surface area contributed by atoms with E-state index in [1.807, 2.05) is 26.8 Å². The van der Waals surface area contributed by atoms with Gasteiger partial charge in [0.25, 0.3) is 11.8 Å². The summed E-state index contributed by atoms with van der Waals surface area (Å²) < 4.78 is 34.0. The Labute approximate surface area is 416 Å². The number of ether oxygens (including phenoxy) is 3. The molecular formula is C53H72FN9O8. The second-order valence-electron chi connectivity index (χ2n) is 21.1. The summed E-state index contributed by atoms with van der Waals surface area (Å²) in [4.78, 5) is 81.3. The summed E-state index contributed by atoms with van der Waals surface area (Å²) in [6, 6.07) is 7.57. The van der Waals surface area contributed by atoms with Gasteiger partial charge >= 0.3 is 12.0 Å². The first-order chi connectivity index (χ1) is 33.8. The van der Waals surface area contributed by atoms with Gasteiger partial charge in [0, 0.05) is 88.0 Å². The number of amides is 5. The Morgan fingerprint density at radius 1 is 1.08 bits per heavy atom. The van der Waals surface area contributed by atoms with Crippen molar-refractivity contribution in [1.29, 1.82) is 0 Å². The van der Waals surface area contributed by atoms with Crippen LogP contribution in [0.15, 0.2) is 55.0 Å². The van der Waals surface area contributed by atoms with Crippen molar-refractivity contribution in [2.45, 2.75) is 116 Å². The van der Waals surface area contributed by atoms with E-state index in [9.17, 15) is 28.4 Å². The van der Waals surface area contributed by atoms with Gasteiger partial charge in [0.05, 0.1) is 36.2 Å². The average Bonchev–Trinajstić information content (AvgIpc) is 3.91. The molecule has 5 atom stereocenters. The van der Waals surface area contributed by atoms with Crippen molar-refractivity contribution in [1.82, 2.24) is 44.9 Å². The summed E-state index contributed by atoms with van der Waals surface area (Å²) in [6.07, 6.45) is 6.98. The van der Waals surface area contributed by atoms with Crippen LogP contribution < -0.4 is 10.7 Å². The lowest BCUT2D eigenvalue weighted by Crippen LogP contribution is -2.64. The zero-order valence-corrected chi connectivity index (χ0v) is 42.7. The number of carbonyl (C=O) groups excluding carboxylic acids is 5. The molecule has 3 fully saturated rings. The number of halogens is 1. The number of hydrazine groups is 1. The molecule has 2 aromatic heterocycles. The first kappa shape index (κ1) is 51.7. The van der Waals surface area contributed by atoms with Gasteiger partial charge in [-0.15, -0.1) is 0 Å². The predicted octanol–water partition coefficient (Wildman–Crippen LogP) is 5.84. The number of urea groups is 1. The molecule has 1 aromatic carbocycles. The van der Waals surface area contributed by atoms with E-state index in [0.29, 0.717) is 71.4 Å². The molecule has 6 bridgehead atoms.